The minimum absolute atomic E-state index is 0.122. The molecule has 0 rings (SSSR count). The molecule has 0 saturated heterocycles. The minimum Gasteiger partial charge on any atom is -0.312 e. The van der Waals surface area contributed by atoms with E-state index in [1.54, 1.807) is 0 Å². The first-order valence-electron chi connectivity index (χ1n) is 5.62. The van der Waals surface area contributed by atoms with Crippen LogP contribution in [0.5, 0.6) is 0 Å². The summed E-state index contributed by atoms with van der Waals surface area (Å²) in [7, 11) is 0. The molecule has 1 N–H and O–H groups in total. The van der Waals surface area contributed by atoms with Crippen molar-refractivity contribution in [2.24, 2.45) is 5.92 Å². The number of hydrogen-bond donors (Lipinski definition) is 1. The Kier molecular flexibility index (Phi) is 6.01. The molecule has 1 atom stereocenters. The van der Waals surface area contributed by atoms with Crippen LogP contribution in [0.2, 0.25) is 0 Å². The summed E-state index contributed by atoms with van der Waals surface area (Å²) in [6, 6.07) is 0. The molecule has 0 fully saturated rings. The topological polar surface area (TPSA) is 29.1 Å². The van der Waals surface area contributed by atoms with Crippen molar-refractivity contribution in [1.82, 2.24) is 5.32 Å². The van der Waals surface area contributed by atoms with Crippen LogP contribution in [-0.2, 0) is 4.79 Å². The molecule has 0 bridgehead atoms. The van der Waals surface area contributed by atoms with Crippen LogP contribution in [0.15, 0.2) is 0 Å². The zero-order chi connectivity index (χ0) is 11.2. The molecule has 0 aromatic carbocycles. The second-order valence-electron chi connectivity index (χ2n) is 5.18. The van der Waals surface area contributed by atoms with Crippen LogP contribution in [0, 0.1) is 5.92 Å². The van der Waals surface area contributed by atoms with Gasteiger partial charge in [0.05, 0.1) is 0 Å². The molecule has 0 aromatic heterocycles. The predicted molar refractivity (Wildman–Crippen MR) is 61.5 cm³/mol. The monoisotopic (exact) mass is 199 g/mol. The zero-order valence-corrected chi connectivity index (χ0v) is 10.3. The van der Waals surface area contributed by atoms with Gasteiger partial charge in [-0.15, -0.1) is 0 Å². The molecule has 0 aliphatic carbocycles. The van der Waals surface area contributed by atoms with Gasteiger partial charge in [0.1, 0.15) is 5.78 Å². The molecule has 14 heavy (non-hydrogen) atoms. The lowest BCUT2D eigenvalue weighted by atomic mass is 10.0. The van der Waals surface area contributed by atoms with E-state index in [1.807, 2.05) is 0 Å². The summed E-state index contributed by atoms with van der Waals surface area (Å²) in [6.07, 6.45) is 2.50. The van der Waals surface area contributed by atoms with Gasteiger partial charge in [0, 0.05) is 24.9 Å². The van der Waals surface area contributed by atoms with Crippen molar-refractivity contribution in [3.8, 4) is 0 Å². The fourth-order valence-corrected chi connectivity index (χ4v) is 1.21. The van der Waals surface area contributed by atoms with Gasteiger partial charge in [-0.05, 0) is 26.7 Å². The molecule has 0 aromatic rings. The first kappa shape index (κ1) is 13.6. The maximum Gasteiger partial charge on any atom is 0.134 e. The van der Waals surface area contributed by atoms with Gasteiger partial charge < -0.3 is 5.32 Å². The number of nitrogens with one attached hydrogen (secondary N) is 1. The summed E-state index contributed by atoms with van der Waals surface area (Å²) in [6.45, 7) is 11.4. The number of carbonyl (C=O) groups excluding carboxylic acids is 1. The fraction of sp³-hybridized carbons (Fsp3) is 0.917. The highest BCUT2D eigenvalue weighted by Crippen LogP contribution is 2.08. The summed E-state index contributed by atoms with van der Waals surface area (Å²) in [5.74, 6) is 0.924. The van der Waals surface area contributed by atoms with Gasteiger partial charge in [-0.25, -0.2) is 0 Å². The van der Waals surface area contributed by atoms with E-state index in [-0.39, 0.29) is 5.54 Å². The molecular formula is C12H25NO. The normalized spacial score (nSPS) is 14.1. The maximum atomic E-state index is 11.5. The highest BCUT2D eigenvalue weighted by molar-refractivity contribution is 5.78. The third kappa shape index (κ3) is 8.24. The average molecular weight is 199 g/mol. The molecular weight excluding hydrogens is 174 g/mol. The van der Waals surface area contributed by atoms with E-state index in [0.29, 0.717) is 18.1 Å². The van der Waals surface area contributed by atoms with Crippen LogP contribution in [0.4, 0.5) is 0 Å². The van der Waals surface area contributed by atoms with Crippen molar-refractivity contribution in [1.29, 1.82) is 0 Å². The van der Waals surface area contributed by atoms with Crippen LogP contribution in [0.1, 0.15) is 53.9 Å². The van der Waals surface area contributed by atoms with Gasteiger partial charge in [-0.3, -0.25) is 4.79 Å². The van der Waals surface area contributed by atoms with Crippen LogP contribution >= 0.6 is 0 Å². The van der Waals surface area contributed by atoms with Crippen molar-refractivity contribution in [2.75, 3.05) is 6.54 Å². The van der Waals surface area contributed by atoms with Gasteiger partial charge in [0.15, 0.2) is 0 Å². The van der Waals surface area contributed by atoms with E-state index in [2.05, 4.69) is 39.9 Å². The van der Waals surface area contributed by atoms with E-state index in [1.165, 1.54) is 0 Å². The van der Waals surface area contributed by atoms with E-state index >= 15 is 0 Å². The lowest BCUT2D eigenvalue weighted by Crippen LogP contribution is -2.37. The van der Waals surface area contributed by atoms with Gasteiger partial charge in [-0.1, -0.05) is 20.3 Å². The maximum absolute atomic E-state index is 11.5. The Morgan fingerprint density at radius 2 is 1.93 bits per heavy atom. The Balaban J connectivity index is 3.55. The molecule has 0 aliphatic rings. The van der Waals surface area contributed by atoms with Gasteiger partial charge >= 0.3 is 0 Å². The quantitative estimate of drug-likeness (QED) is 0.712. The Labute approximate surface area is 88.5 Å². The van der Waals surface area contributed by atoms with Crippen molar-refractivity contribution in [3.63, 3.8) is 0 Å². The average Bonchev–Trinajstić information content (AvgIpc) is 2.01. The fourth-order valence-electron chi connectivity index (χ4n) is 1.21. The van der Waals surface area contributed by atoms with Gasteiger partial charge in [0.2, 0.25) is 0 Å². The highest BCUT2D eigenvalue weighted by Gasteiger charge is 2.11. The molecule has 0 radical (unpaired) electrons. The van der Waals surface area contributed by atoms with E-state index in [4.69, 9.17) is 0 Å². The lowest BCUT2D eigenvalue weighted by Gasteiger charge is -2.20. The molecule has 1 unspecified atom stereocenters. The molecule has 0 saturated carbocycles. The van der Waals surface area contributed by atoms with Crippen molar-refractivity contribution >= 4 is 5.78 Å². The molecule has 0 amide bonds. The molecule has 0 aliphatic heterocycles. The third-order valence-electron chi connectivity index (χ3n) is 2.33. The smallest absolute Gasteiger partial charge is 0.134 e. The number of rotatable bonds is 6. The zero-order valence-electron chi connectivity index (χ0n) is 10.3. The molecule has 0 heterocycles. The Morgan fingerprint density at radius 3 is 2.36 bits per heavy atom. The van der Waals surface area contributed by atoms with E-state index in [0.717, 1.165) is 19.4 Å². The standard InChI is InChI=1S/C12H25NO/c1-6-10(2)9-11(14)7-8-13-12(3,4)5/h10,13H,6-9H2,1-5H3. The van der Waals surface area contributed by atoms with Gasteiger partial charge in [0.25, 0.3) is 0 Å². The molecule has 2 nitrogen and oxygen atoms in total. The second kappa shape index (κ2) is 6.18. The molecule has 2 heteroatoms. The molecule has 0 spiro atoms. The molecule has 84 valence electrons. The Hall–Kier alpha value is -0.370. The van der Waals surface area contributed by atoms with Crippen molar-refractivity contribution in [2.45, 2.75) is 59.4 Å². The summed E-state index contributed by atoms with van der Waals surface area (Å²) in [4.78, 5) is 11.5. The third-order valence-corrected chi connectivity index (χ3v) is 2.33. The van der Waals surface area contributed by atoms with Crippen LogP contribution < -0.4 is 5.32 Å². The number of ketones is 1. The van der Waals surface area contributed by atoms with Gasteiger partial charge in [-0.2, -0.15) is 0 Å². The number of Topliss-reactive ketones (excluding diaryl/α,β-unsaturated/α-hetero) is 1. The Bertz CT molecular complexity index is 170. The summed E-state index contributed by atoms with van der Waals surface area (Å²) < 4.78 is 0. The predicted octanol–water partition coefficient (Wildman–Crippen LogP) is 2.77. The van der Waals surface area contributed by atoms with Crippen LogP contribution in [0.25, 0.3) is 0 Å². The second-order valence-corrected chi connectivity index (χ2v) is 5.18. The number of hydrogen-bond acceptors (Lipinski definition) is 2. The van der Waals surface area contributed by atoms with Crippen molar-refractivity contribution in [3.05, 3.63) is 0 Å². The first-order valence-corrected chi connectivity index (χ1v) is 5.62. The largest absolute Gasteiger partial charge is 0.312 e. The van der Waals surface area contributed by atoms with Crippen LogP contribution in [-0.4, -0.2) is 17.9 Å². The number of carbonyl (C=O) groups is 1. The summed E-state index contributed by atoms with van der Waals surface area (Å²) in [5, 5.41) is 3.32. The SMILES string of the molecule is CCC(C)CC(=O)CCNC(C)(C)C. The Morgan fingerprint density at radius 1 is 1.36 bits per heavy atom. The first-order chi connectivity index (χ1) is 6.35. The van der Waals surface area contributed by atoms with Crippen LogP contribution in [0.3, 0.4) is 0 Å². The summed E-state index contributed by atoms with van der Waals surface area (Å²) >= 11 is 0. The summed E-state index contributed by atoms with van der Waals surface area (Å²) in [5.41, 5.74) is 0.122. The minimum atomic E-state index is 0.122. The van der Waals surface area contributed by atoms with Crippen molar-refractivity contribution < 1.29 is 4.79 Å². The highest BCUT2D eigenvalue weighted by atomic mass is 16.1. The lowest BCUT2D eigenvalue weighted by molar-refractivity contribution is -0.119. The van der Waals surface area contributed by atoms with E-state index in [9.17, 15) is 4.79 Å². The van der Waals surface area contributed by atoms with E-state index < -0.39 is 0 Å².